The maximum Gasteiger partial charge on any atom is 0.220 e. The Morgan fingerprint density at radius 1 is 1.42 bits per heavy atom. The van der Waals surface area contributed by atoms with Gasteiger partial charge in [-0.15, -0.1) is 0 Å². The van der Waals surface area contributed by atoms with Gasteiger partial charge in [-0.2, -0.15) is 4.31 Å². The zero-order valence-electron chi connectivity index (χ0n) is 11.7. The molecule has 0 radical (unpaired) electrons. The van der Waals surface area contributed by atoms with Crippen LogP contribution in [0.25, 0.3) is 0 Å². The Bertz CT molecular complexity index is 480. The summed E-state index contributed by atoms with van der Waals surface area (Å²) in [5.74, 6) is 0.391. The fraction of sp³-hybridized carbons (Fsp3) is 0.750. The first-order valence-electron chi connectivity index (χ1n) is 6.47. The third-order valence-electron chi connectivity index (χ3n) is 3.03. The van der Waals surface area contributed by atoms with E-state index in [0.717, 1.165) is 0 Å². The molecule has 0 saturated carbocycles. The molecule has 0 fully saturated rings. The van der Waals surface area contributed by atoms with Crippen molar-refractivity contribution in [1.82, 2.24) is 9.46 Å². The van der Waals surface area contributed by atoms with Crippen molar-refractivity contribution in [2.24, 2.45) is 0 Å². The highest BCUT2D eigenvalue weighted by Crippen LogP contribution is 2.17. The van der Waals surface area contributed by atoms with Crippen LogP contribution in [0.3, 0.4) is 0 Å². The molecule has 0 atom stereocenters. The van der Waals surface area contributed by atoms with Gasteiger partial charge in [0.2, 0.25) is 10.0 Å². The molecule has 0 saturated heterocycles. The van der Waals surface area contributed by atoms with E-state index in [1.54, 1.807) is 13.0 Å². The fourth-order valence-corrected chi connectivity index (χ4v) is 3.89. The van der Waals surface area contributed by atoms with Gasteiger partial charge in [0, 0.05) is 18.7 Å². The van der Waals surface area contributed by atoms with Crippen LogP contribution in [0.4, 0.5) is 0 Å². The average molecular weight is 290 g/mol. The van der Waals surface area contributed by atoms with Crippen molar-refractivity contribution in [3.63, 3.8) is 0 Å². The third-order valence-corrected chi connectivity index (χ3v) is 4.89. The molecule has 1 heterocycles. The summed E-state index contributed by atoms with van der Waals surface area (Å²) >= 11 is 0. The Kier molecular flexibility index (Phi) is 5.96. The van der Waals surface area contributed by atoms with E-state index in [2.05, 4.69) is 5.16 Å². The summed E-state index contributed by atoms with van der Waals surface area (Å²) in [7, 11) is -3.50. The first-order chi connectivity index (χ1) is 8.94. The van der Waals surface area contributed by atoms with E-state index in [9.17, 15) is 8.42 Å². The van der Waals surface area contributed by atoms with Crippen LogP contribution in [0.5, 0.6) is 0 Å². The third kappa shape index (κ3) is 4.29. The minimum absolute atomic E-state index is 0.0925. The second-order valence-corrected chi connectivity index (χ2v) is 6.41. The molecule has 1 rings (SSSR count). The van der Waals surface area contributed by atoms with Gasteiger partial charge in [-0.05, 0) is 19.8 Å². The van der Waals surface area contributed by atoms with E-state index in [1.165, 1.54) is 4.31 Å². The summed E-state index contributed by atoms with van der Waals surface area (Å²) < 4.78 is 31.0. The fourth-order valence-electron chi connectivity index (χ4n) is 2.10. The smallest absolute Gasteiger partial charge is 0.220 e. The van der Waals surface area contributed by atoms with E-state index in [4.69, 9.17) is 9.63 Å². The van der Waals surface area contributed by atoms with E-state index < -0.39 is 10.0 Å². The van der Waals surface area contributed by atoms with Gasteiger partial charge in [0.15, 0.2) is 0 Å². The van der Waals surface area contributed by atoms with Crippen LogP contribution in [0.1, 0.15) is 38.1 Å². The van der Waals surface area contributed by atoms with Gasteiger partial charge >= 0.3 is 0 Å². The number of aliphatic hydroxyl groups excluding tert-OH is 1. The largest absolute Gasteiger partial charge is 0.395 e. The molecule has 19 heavy (non-hydrogen) atoms. The van der Waals surface area contributed by atoms with Crippen molar-refractivity contribution >= 4 is 10.0 Å². The SMILES string of the molecule is CCC(CC)N(CCO)S(=O)(=O)Cc1cc(C)on1. The number of hydrogen-bond acceptors (Lipinski definition) is 5. The molecule has 0 aliphatic rings. The highest BCUT2D eigenvalue weighted by Gasteiger charge is 2.28. The summed E-state index contributed by atoms with van der Waals surface area (Å²) in [5, 5.41) is 12.8. The lowest BCUT2D eigenvalue weighted by Crippen LogP contribution is -2.42. The van der Waals surface area contributed by atoms with Crippen molar-refractivity contribution < 1.29 is 18.0 Å². The first-order valence-corrected chi connectivity index (χ1v) is 8.08. The molecular formula is C12H22N2O4S. The predicted molar refractivity (Wildman–Crippen MR) is 72.0 cm³/mol. The van der Waals surface area contributed by atoms with Crippen LogP contribution in [0.15, 0.2) is 10.6 Å². The highest BCUT2D eigenvalue weighted by atomic mass is 32.2. The van der Waals surface area contributed by atoms with E-state index >= 15 is 0 Å². The van der Waals surface area contributed by atoms with Crippen LogP contribution < -0.4 is 0 Å². The minimum atomic E-state index is -3.50. The molecular weight excluding hydrogens is 268 g/mol. The van der Waals surface area contributed by atoms with Crippen LogP contribution in [-0.2, 0) is 15.8 Å². The van der Waals surface area contributed by atoms with Crippen molar-refractivity contribution in [3.8, 4) is 0 Å². The van der Waals surface area contributed by atoms with Gasteiger partial charge in [-0.3, -0.25) is 0 Å². The van der Waals surface area contributed by atoms with Gasteiger partial charge in [0.1, 0.15) is 17.2 Å². The summed E-state index contributed by atoms with van der Waals surface area (Å²) in [6.45, 7) is 5.53. The van der Waals surface area contributed by atoms with Crippen LogP contribution in [0, 0.1) is 6.92 Å². The maximum atomic E-state index is 12.4. The number of aromatic nitrogens is 1. The predicted octanol–water partition coefficient (Wildman–Crippen LogP) is 1.30. The number of nitrogens with zero attached hydrogens (tertiary/aromatic N) is 2. The number of aliphatic hydroxyl groups is 1. The van der Waals surface area contributed by atoms with Gasteiger partial charge in [-0.25, -0.2) is 8.42 Å². The second-order valence-electron chi connectivity index (χ2n) is 4.49. The monoisotopic (exact) mass is 290 g/mol. The summed E-state index contributed by atoms with van der Waals surface area (Å²) in [4.78, 5) is 0. The molecule has 0 aliphatic carbocycles. The average Bonchev–Trinajstić information content (AvgIpc) is 2.74. The quantitative estimate of drug-likeness (QED) is 0.780. The summed E-state index contributed by atoms with van der Waals surface area (Å²) in [6, 6.07) is 1.52. The van der Waals surface area contributed by atoms with Crippen LogP contribution in [0.2, 0.25) is 0 Å². The topological polar surface area (TPSA) is 83.6 Å². The van der Waals surface area contributed by atoms with Gasteiger partial charge in [0.05, 0.1) is 6.61 Å². The van der Waals surface area contributed by atoms with E-state index in [-0.39, 0.29) is 24.9 Å². The lowest BCUT2D eigenvalue weighted by molar-refractivity contribution is 0.219. The van der Waals surface area contributed by atoms with Crippen molar-refractivity contribution in [2.45, 2.75) is 45.4 Å². The van der Waals surface area contributed by atoms with Gasteiger partial charge in [-0.1, -0.05) is 19.0 Å². The summed E-state index contributed by atoms with van der Waals surface area (Å²) in [6.07, 6.45) is 1.43. The lowest BCUT2D eigenvalue weighted by atomic mass is 10.2. The number of rotatable bonds is 8. The Morgan fingerprint density at radius 2 is 2.05 bits per heavy atom. The number of aryl methyl sites for hydroxylation is 1. The zero-order valence-corrected chi connectivity index (χ0v) is 12.5. The molecule has 110 valence electrons. The van der Waals surface area contributed by atoms with Gasteiger partial charge in [0.25, 0.3) is 0 Å². The molecule has 0 amide bonds. The molecule has 0 aromatic carbocycles. The Balaban J connectivity index is 2.92. The Hall–Kier alpha value is -0.920. The minimum Gasteiger partial charge on any atom is -0.395 e. The molecule has 0 spiro atoms. The van der Waals surface area contributed by atoms with E-state index in [0.29, 0.717) is 24.3 Å². The maximum absolute atomic E-state index is 12.4. The number of sulfonamides is 1. The zero-order chi connectivity index (χ0) is 14.5. The molecule has 1 N–H and O–H groups in total. The molecule has 1 aromatic rings. The first kappa shape index (κ1) is 16.1. The second kappa shape index (κ2) is 7.02. The van der Waals surface area contributed by atoms with Crippen molar-refractivity contribution in [3.05, 3.63) is 17.5 Å². The molecule has 0 bridgehead atoms. The molecule has 6 nitrogen and oxygen atoms in total. The normalized spacial score (nSPS) is 12.5. The molecule has 1 aromatic heterocycles. The molecule has 0 aliphatic heterocycles. The molecule has 0 unspecified atom stereocenters. The summed E-state index contributed by atoms with van der Waals surface area (Å²) in [5.41, 5.74) is 0.395. The van der Waals surface area contributed by atoms with Crippen LogP contribution >= 0.6 is 0 Å². The highest BCUT2D eigenvalue weighted by molar-refractivity contribution is 7.88. The van der Waals surface area contributed by atoms with E-state index in [1.807, 2.05) is 13.8 Å². The lowest BCUT2D eigenvalue weighted by Gasteiger charge is -2.28. The van der Waals surface area contributed by atoms with Gasteiger partial charge < -0.3 is 9.63 Å². The Labute approximate surface area is 114 Å². The van der Waals surface area contributed by atoms with Crippen molar-refractivity contribution in [2.75, 3.05) is 13.2 Å². The molecule has 7 heteroatoms. The van der Waals surface area contributed by atoms with Crippen molar-refractivity contribution in [1.29, 1.82) is 0 Å². The van der Waals surface area contributed by atoms with Crippen LogP contribution in [-0.4, -0.2) is 42.2 Å². The number of hydrogen-bond donors (Lipinski definition) is 1. The Morgan fingerprint density at radius 3 is 2.47 bits per heavy atom. The standard InChI is InChI=1S/C12H22N2O4S/c1-4-12(5-2)14(6-7-15)19(16,17)9-11-8-10(3)18-13-11/h8,12,15H,4-7,9H2,1-3H3.